The molecule has 0 spiro atoms. The molecule has 3 unspecified atom stereocenters. The lowest BCUT2D eigenvalue weighted by molar-refractivity contribution is 0.0421. The van der Waals surface area contributed by atoms with Crippen molar-refractivity contribution in [3.05, 3.63) is 23.7 Å². The Morgan fingerprint density at radius 2 is 1.89 bits per heavy atom. The molecule has 1 amide bonds. The highest BCUT2D eigenvalue weighted by molar-refractivity contribution is 5.93. The molecule has 0 bridgehead atoms. The summed E-state index contributed by atoms with van der Waals surface area (Å²) in [4.78, 5) is 24.9. The summed E-state index contributed by atoms with van der Waals surface area (Å²) in [5, 5.41) is 8.81. The molecule has 19 heavy (non-hydrogen) atoms. The van der Waals surface area contributed by atoms with E-state index in [4.69, 9.17) is 9.52 Å². The zero-order valence-corrected chi connectivity index (χ0v) is 11.4. The SMILES string of the molecule is CC1CC(C)C(C)N(C(=O)c2ccc(C(=O)O)o2)C1. The van der Waals surface area contributed by atoms with Crippen LogP contribution in [-0.2, 0) is 0 Å². The van der Waals surface area contributed by atoms with Gasteiger partial charge >= 0.3 is 5.97 Å². The van der Waals surface area contributed by atoms with Crippen LogP contribution in [0.3, 0.4) is 0 Å². The molecule has 2 heterocycles. The van der Waals surface area contributed by atoms with E-state index in [-0.39, 0.29) is 23.5 Å². The molecule has 1 aromatic heterocycles. The maximum Gasteiger partial charge on any atom is 0.371 e. The third-order valence-corrected chi connectivity index (χ3v) is 3.89. The number of nitrogens with zero attached hydrogens (tertiary/aromatic N) is 1. The number of aromatic carboxylic acids is 1. The van der Waals surface area contributed by atoms with Crippen LogP contribution in [-0.4, -0.2) is 34.5 Å². The van der Waals surface area contributed by atoms with Crippen molar-refractivity contribution >= 4 is 11.9 Å². The number of carboxylic acid groups (broad SMARTS) is 1. The van der Waals surface area contributed by atoms with Crippen LogP contribution in [0, 0.1) is 11.8 Å². The quantitative estimate of drug-likeness (QED) is 0.891. The normalized spacial score (nSPS) is 27.3. The number of carbonyl (C=O) groups excluding carboxylic acids is 1. The molecular weight excluding hydrogens is 246 g/mol. The van der Waals surface area contributed by atoms with E-state index in [1.54, 1.807) is 4.90 Å². The molecule has 1 saturated heterocycles. The molecule has 104 valence electrons. The molecule has 5 nitrogen and oxygen atoms in total. The van der Waals surface area contributed by atoms with Crippen molar-refractivity contribution in [3.63, 3.8) is 0 Å². The molecule has 1 N–H and O–H groups in total. The summed E-state index contributed by atoms with van der Waals surface area (Å²) in [6.45, 7) is 6.96. The highest BCUT2D eigenvalue weighted by Crippen LogP contribution is 2.28. The maximum absolute atomic E-state index is 12.4. The second kappa shape index (κ2) is 5.07. The topological polar surface area (TPSA) is 70.8 Å². The van der Waals surface area contributed by atoms with Crippen LogP contribution in [0.4, 0.5) is 0 Å². The predicted molar refractivity (Wildman–Crippen MR) is 69.1 cm³/mol. The van der Waals surface area contributed by atoms with Crippen molar-refractivity contribution in [1.82, 2.24) is 4.90 Å². The minimum atomic E-state index is -1.16. The van der Waals surface area contributed by atoms with Crippen LogP contribution in [0.15, 0.2) is 16.5 Å². The van der Waals surface area contributed by atoms with Gasteiger partial charge in [0.15, 0.2) is 5.76 Å². The number of furan rings is 1. The van der Waals surface area contributed by atoms with E-state index in [9.17, 15) is 9.59 Å². The molecular formula is C14H19NO4. The molecule has 1 aliphatic heterocycles. The highest BCUT2D eigenvalue weighted by atomic mass is 16.4. The maximum atomic E-state index is 12.4. The van der Waals surface area contributed by atoms with E-state index in [1.807, 2.05) is 6.92 Å². The number of carbonyl (C=O) groups is 2. The van der Waals surface area contributed by atoms with E-state index < -0.39 is 5.97 Å². The van der Waals surface area contributed by atoms with Crippen molar-refractivity contribution in [2.45, 2.75) is 33.2 Å². The van der Waals surface area contributed by atoms with Gasteiger partial charge in [-0.3, -0.25) is 4.79 Å². The summed E-state index contributed by atoms with van der Waals surface area (Å²) in [5.41, 5.74) is 0. The number of amides is 1. The number of hydrogen-bond donors (Lipinski definition) is 1. The van der Waals surface area contributed by atoms with Gasteiger partial charge in [-0.05, 0) is 37.3 Å². The van der Waals surface area contributed by atoms with Crippen molar-refractivity contribution in [1.29, 1.82) is 0 Å². The Hall–Kier alpha value is -1.78. The Labute approximate surface area is 112 Å². The van der Waals surface area contributed by atoms with E-state index >= 15 is 0 Å². The van der Waals surface area contributed by atoms with E-state index in [1.165, 1.54) is 12.1 Å². The molecule has 1 fully saturated rings. The van der Waals surface area contributed by atoms with Crippen LogP contribution < -0.4 is 0 Å². The fourth-order valence-electron chi connectivity index (χ4n) is 2.69. The first kappa shape index (κ1) is 13.6. The molecule has 0 radical (unpaired) electrons. The summed E-state index contributed by atoms with van der Waals surface area (Å²) < 4.78 is 5.09. The predicted octanol–water partition coefficient (Wildman–Crippen LogP) is 2.48. The smallest absolute Gasteiger partial charge is 0.371 e. The lowest BCUT2D eigenvalue weighted by Crippen LogP contribution is -2.48. The number of carboxylic acids is 1. The number of likely N-dealkylation sites (tertiary alicyclic amines) is 1. The third kappa shape index (κ3) is 2.64. The number of hydrogen-bond acceptors (Lipinski definition) is 3. The largest absolute Gasteiger partial charge is 0.475 e. The summed E-state index contributed by atoms with van der Waals surface area (Å²) in [7, 11) is 0. The molecule has 3 atom stereocenters. The van der Waals surface area contributed by atoms with E-state index in [0.29, 0.717) is 18.4 Å². The summed E-state index contributed by atoms with van der Waals surface area (Å²) in [6.07, 6.45) is 1.10. The second-order valence-electron chi connectivity index (χ2n) is 5.49. The molecule has 0 aromatic carbocycles. The summed E-state index contributed by atoms with van der Waals surface area (Å²) in [5.74, 6) is -0.601. The van der Waals surface area contributed by atoms with Crippen molar-refractivity contribution in [3.8, 4) is 0 Å². The van der Waals surface area contributed by atoms with Crippen molar-refractivity contribution < 1.29 is 19.1 Å². The lowest BCUT2D eigenvalue weighted by atomic mass is 9.86. The first-order chi connectivity index (χ1) is 8.90. The molecule has 0 aliphatic carbocycles. The Balaban J connectivity index is 2.19. The van der Waals surface area contributed by atoms with Gasteiger partial charge in [0.05, 0.1) is 0 Å². The standard InChI is InChI=1S/C14H19NO4/c1-8-6-9(2)10(3)15(7-8)13(16)11-4-5-12(19-11)14(17)18/h4-5,8-10H,6-7H2,1-3H3,(H,17,18). The number of rotatable bonds is 2. The Kier molecular flexibility index (Phi) is 3.64. The molecule has 5 heteroatoms. The molecule has 2 rings (SSSR count). The Morgan fingerprint density at radius 1 is 1.26 bits per heavy atom. The van der Waals surface area contributed by atoms with Gasteiger partial charge in [0.2, 0.25) is 5.76 Å². The minimum Gasteiger partial charge on any atom is -0.475 e. The summed E-state index contributed by atoms with van der Waals surface area (Å²) in [6, 6.07) is 2.89. The molecule has 0 saturated carbocycles. The summed E-state index contributed by atoms with van der Waals surface area (Å²) >= 11 is 0. The minimum absolute atomic E-state index is 0.102. The second-order valence-corrected chi connectivity index (χ2v) is 5.49. The lowest BCUT2D eigenvalue weighted by Gasteiger charge is -2.40. The first-order valence-electron chi connectivity index (χ1n) is 6.54. The van der Waals surface area contributed by atoms with Crippen LogP contribution in [0.1, 0.15) is 48.3 Å². The van der Waals surface area contributed by atoms with E-state index in [2.05, 4.69) is 13.8 Å². The highest BCUT2D eigenvalue weighted by Gasteiger charge is 2.33. The average Bonchev–Trinajstić information content (AvgIpc) is 2.82. The van der Waals surface area contributed by atoms with Gasteiger partial charge in [-0.2, -0.15) is 0 Å². The fraction of sp³-hybridized carbons (Fsp3) is 0.571. The van der Waals surface area contributed by atoms with Gasteiger partial charge in [0, 0.05) is 12.6 Å². The molecule has 1 aliphatic rings. The Morgan fingerprint density at radius 3 is 2.47 bits per heavy atom. The van der Waals surface area contributed by atoms with Gasteiger partial charge < -0.3 is 14.4 Å². The van der Waals surface area contributed by atoms with Crippen LogP contribution in [0.5, 0.6) is 0 Å². The third-order valence-electron chi connectivity index (χ3n) is 3.89. The Bertz CT molecular complexity index is 493. The van der Waals surface area contributed by atoms with Crippen LogP contribution >= 0.6 is 0 Å². The van der Waals surface area contributed by atoms with Gasteiger partial charge in [-0.25, -0.2) is 4.79 Å². The van der Waals surface area contributed by atoms with Gasteiger partial charge in [0.1, 0.15) is 0 Å². The zero-order valence-electron chi connectivity index (χ0n) is 11.4. The van der Waals surface area contributed by atoms with Gasteiger partial charge in [-0.15, -0.1) is 0 Å². The fourth-order valence-corrected chi connectivity index (χ4v) is 2.69. The van der Waals surface area contributed by atoms with Crippen molar-refractivity contribution in [2.24, 2.45) is 11.8 Å². The van der Waals surface area contributed by atoms with Gasteiger partial charge in [0.25, 0.3) is 5.91 Å². The molecule has 1 aromatic rings. The van der Waals surface area contributed by atoms with Gasteiger partial charge in [-0.1, -0.05) is 13.8 Å². The monoisotopic (exact) mass is 265 g/mol. The average molecular weight is 265 g/mol. The zero-order chi connectivity index (χ0) is 14.2. The first-order valence-corrected chi connectivity index (χ1v) is 6.54. The van der Waals surface area contributed by atoms with Crippen LogP contribution in [0.2, 0.25) is 0 Å². The van der Waals surface area contributed by atoms with Crippen LogP contribution in [0.25, 0.3) is 0 Å². The number of piperidine rings is 1. The van der Waals surface area contributed by atoms with E-state index in [0.717, 1.165) is 6.42 Å². The van der Waals surface area contributed by atoms with Crippen molar-refractivity contribution in [2.75, 3.05) is 6.54 Å².